The molecule has 6 N–H and O–H groups in total. The minimum absolute atomic E-state index is 0.0384. The second kappa shape index (κ2) is 12.1. The summed E-state index contributed by atoms with van der Waals surface area (Å²) >= 11 is 0. The molecule has 0 spiro atoms. The van der Waals surface area contributed by atoms with Crippen LogP contribution in [-0.2, 0) is 18.4 Å². The van der Waals surface area contributed by atoms with Crippen molar-refractivity contribution >= 4 is 22.6 Å². The number of aromatic amines is 1. The van der Waals surface area contributed by atoms with Crippen LogP contribution in [0.3, 0.4) is 0 Å². The predicted molar refractivity (Wildman–Crippen MR) is 155 cm³/mol. The number of phenolic OH excluding ortho intramolecular Hbond substituents is 1. The van der Waals surface area contributed by atoms with Crippen LogP contribution in [0.5, 0.6) is 5.75 Å². The monoisotopic (exact) mass is 528 g/mol. The van der Waals surface area contributed by atoms with E-state index < -0.39 is 6.10 Å². The number of rotatable bonds is 9. The summed E-state index contributed by atoms with van der Waals surface area (Å²) < 4.78 is 0. The molecule has 0 aliphatic heterocycles. The van der Waals surface area contributed by atoms with Crippen molar-refractivity contribution in [3.8, 4) is 5.75 Å². The van der Waals surface area contributed by atoms with Crippen molar-refractivity contribution in [1.82, 2.24) is 15.6 Å². The van der Waals surface area contributed by atoms with E-state index in [-0.39, 0.29) is 22.8 Å². The summed E-state index contributed by atoms with van der Waals surface area (Å²) in [6, 6.07) is 21.8. The highest BCUT2D eigenvalue weighted by atomic mass is 16.3. The molecular formula is C31H36N4O4. The zero-order valence-corrected chi connectivity index (χ0v) is 22.5. The second-order valence-electron chi connectivity index (χ2n) is 10.7. The first-order valence-electron chi connectivity index (χ1n) is 13.1. The molecule has 8 heteroatoms. The first kappa shape index (κ1) is 27.9. The van der Waals surface area contributed by atoms with Crippen LogP contribution in [-0.4, -0.2) is 34.3 Å². The molecule has 4 aromatic rings. The van der Waals surface area contributed by atoms with E-state index in [4.69, 9.17) is 0 Å². The first-order chi connectivity index (χ1) is 18.6. The fourth-order valence-corrected chi connectivity index (χ4v) is 4.42. The SMILES string of the molecule is CC(C)(C)c1ccc(CNC(=O)Nc2cccc(CCNC[C@H](O)c3ccc(O)c4[nH]c(=O)ccc34)c2)cc1. The van der Waals surface area contributed by atoms with Crippen molar-refractivity contribution in [1.29, 1.82) is 0 Å². The van der Waals surface area contributed by atoms with Gasteiger partial charge in [-0.3, -0.25) is 4.79 Å². The van der Waals surface area contributed by atoms with Gasteiger partial charge in [-0.1, -0.05) is 63.2 Å². The number of carbonyl (C=O) groups excluding carboxylic acids is 1. The fourth-order valence-electron chi connectivity index (χ4n) is 4.42. The van der Waals surface area contributed by atoms with Gasteiger partial charge >= 0.3 is 6.03 Å². The van der Waals surface area contributed by atoms with Crippen molar-refractivity contribution in [2.75, 3.05) is 18.4 Å². The van der Waals surface area contributed by atoms with Gasteiger partial charge in [-0.25, -0.2) is 4.79 Å². The zero-order chi connectivity index (χ0) is 28.0. The summed E-state index contributed by atoms with van der Waals surface area (Å²) in [5.74, 6) is -0.0384. The Kier molecular flexibility index (Phi) is 8.69. The Morgan fingerprint density at radius 1 is 0.974 bits per heavy atom. The molecule has 0 saturated heterocycles. The Bertz CT molecular complexity index is 1490. The molecule has 0 aliphatic rings. The maximum absolute atomic E-state index is 12.4. The van der Waals surface area contributed by atoms with Gasteiger partial charge in [-0.15, -0.1) is 0 Å². The van der Waals surface area contributed by atoms with Crippen molar-refractivity contribution in [3.05, 3.63) is 105 Å². The molecule has 0 radical (unpaired) electrons. The molecule has 1 atom stereocenters. The summed E-state index contributed by atoms with van der Waals surface area (Å²) in [5, 5.41) is 30.4. The topological polar surface area (TPSA) is 126 Å². The lowest BCUT2D eigenvalue weighted by molar-refractivity contribution is 0.176. The van der Waals surface area contributed by atoms with E-state index in [1.807, 2.05) is 36.4 Å². The molecule has 4 rings (SSSR count). The fraction of sp³-hybridized carbons (Fsp3) is 0.290. The number of hydrogen-bond donors (Lipinski definition) is 6. The lowest BCUT2D eigenvalue weighted by atomic mass is 9.87. The highest BCUT2D eigenvalue weighted by molar-refractivity contribution is 5.89. The molecule has 1 aromatic heterocycles. The Morgan fingerprint density at radius 2 is 1.74 bits per heavy atom. The summed E-state index contributed by atoms with van der Waals surface area (Å²) in [6.45, 7) is 7.87. The number of benzene rings is 3. The van der Waals surface area contributed by atoms with E-state index in [2.05, 4.69) is 53.8 Å². The third-order valence-corrected chi connectivity index (χ3v) is 6.65. The van der Waals surface area contributed by atoms with Gasteiger partial charge in [0.05, 0.1) is 11.6 Å². The molecule has 8 nitrogen and oxygen atoms in total. The predicted octanol–water partition coefficient (Wildman–Crippen LogP) is 4.72. The van der Waals surface area contributed by atoms with Gasteiger partial charge < -0.3 is 31.1 Å². The normalized spacial score (nSPS) is 12.3. The van der Waals surface area contributed by atoms with E-state index in [0.29, 0.717) is 48.2 Å². The maximum Gasteiger partial charge on any atom is 0.319 e. The van der Waals surface area contributed by atoms with Crippen LogP contribution in [0.4, 0.5) is 10.5 Å². The number of amides is 2. The van der Waals surface area contributed by atoms with Crippen molar-refractivity contribution < 1.29 is 15.0 Å². The second-order valence-corrected chi connectivity index (χ2v) is 10.7. The molecule has 0 fully saturated rings. The molecule has 0 saturated carbocycles. The van der Waals surface area contributed by atoms with Crippen molar-refractivity contribution in [2.45, 2.75) is 45.3 Å². The Morgan fingerprint density at radius 3 is 2.49 bits per heavy atom. The molecule has 0 aliphatic carbocycles. The first-order valence-corrected chi connectivity index (χ1v) is 13.1. The Labute approximate surface area is 228 Å². The standard InChI is InChI=1S/C31H36N4O4/c1-31(2,3)22-9-7-21(8-10-22)18-33-30(39)34-23-6-4-5-20(17-23)15-16-32-19-27(37)24-11-13-26(36)29-25(24)12-14-28(38)35-29/h4-14,17,27,32,36-37H,15-16,18-19H2,1-3H3,(H,35,38)(H2,33,34,39)/t27-/m0/s1. The van der Waals surface area contributed by atoms with Gasteiger partial charge in [0.1, 0.15) is 5.75 Å². The molecule has 2 amide bonds. The van der Waals surface area contributed by atoms with Crippen LogP contribution in [0.15, 0.2) is 77.6 Å². The average molecular weight is 529 g/mol. The van der Waals surface area contributed by atoms with Crippen molar-refractivity contribution in [2.24, 2.45) is 0 Å². The third kappa shape index (κ3) is 7.46. The minimum atomic E-state index is -0.819. The number of phenols is 1. The number of nitrogens with one attached hydrogen (secondary N) is 4. The molecule has 204 valence electrons. The molecule has 1 heterocycles. The Hall–Kier alpha value is -4.14. The number of aromatic nitrogens is 1. The largest absolute Gasteiger partial charge is 0.506 e. The Balaban J connectivity index is 1.24. The molecule has 3 aromatic carbocycles. The lowest BCUT2D eigenvalue weighted by Gasteiger charge is -2.19. The number of hydrogen-bond acceptors (Lipinski definition) is 5. The van der Waals surface area contributed by atoms with Gasteiger partial charge in [0, 0.05) is 30.2 Å². The van der Waals surface area contributed by atoms with Crippen LogP contribution in [0.1, 0.15) is 49.1 Å². The van der Waals surface area contributed by atoms with E-state index >= 15 is 0 Å². The van der Waals surface area contributed by atoms with Crippen LogP contribution in [0.2, 0.25) is 0 Å². The van der Waals surface area contributed by atoms with Crippen LogP contribution in [0, 0.1) is 0 Å². The number of aliphatic hydroxyl groups is 1. The highest BCUT2D eigenvalue weighted by Gasteiger charge is 2.14. The van der Waals surface area contributed by atoms with Gasteiger partial charge in [-0.2, -0.15) is 0 Å². The molecule has 39 heavy (non-hydrogen) atoms. The minimum Gasteiger partial charge on any atom is -0.506 e. The van der Waals surface area contributed by atoms with E-state index in [9.17, 15) is 19.8 Å². The molecular weight excluding hydrogens is 492 g/mol. The average Bonchev–Trinajstić information content (AvgIpc) is 2.90. The summed E-state index contributed by atoms with van der Waals surface area (Å²) in [4.78, 5) is 26.6. The van der Waals surface area contributed by atoms with Crippen LogP contribution < -0.4 is 21.5 Å². The van der Waals surface area contributed by atoms with E-state index in [0.717, 1.165) is 11.1 Å². The van der Waals surface area contributed by atoms with Gasteiger partial charge in [0.15, 0.2) is 0 Å². The highest BCUT2D eigenvalue weighted by Crippen LogP contribution is 2.28. The number of H-pyrrole nitrogens is 1. The number of anilines is 1. The van der Waals surface area contributed by atoms with Gasteiger partial charge in [0.25, 0.3) is 0 Å². The van der Waals surface area contributed by atoms with Gasteiger partial charge in [-0.05, 0) is 64.9 Å². The quantitative estimate of drug-likeness (QED) is 0.175. The number of fused-ring (bicyclic) bond motifs is 1. The smallest absolute Gasteiger partial charge is 0.319 e. The van der Waals surface area contributed by atoms with Crippen molar-refractivity contribution in [3.63, 3.8) is 0 Å². The number of aromatic hydroxyl groups is 1. The molecule has 0 bridgehead atoms. The van der Waals surface area contributed by atoms with Crippen LogP contribution >= 0.6 is 0 Å². The number of urea groups is 1. The number of pyridine rings is 1. The summed E-state index contributed by atoms with van der Waals surface area (Å²) in [5.41, 5.74) is 4.74. The number of aliphatic hydroxyl groups excluding tert-OH is 1. The maximum atomic E-state index is 12.4. The lowest BCUT2D eigenvalue weighted by Crippen LogP contribution is -2.28. The van der Waals surface area contributed by atoms with Crippen LogP contribution in [0.25, 0.3) is 10.9 Å². The van der Waals surface area contributed by atoms with E-state index in [1.54, 1.807) is 12.1 Å². The summed E-state index contributed by atoms with van der Waals surface area (Å²) in [7, 11) is 0. The zero-order valence-electron chi connectivity index (χ0n) is 22.5. The summed E-state index contributed by atoms with van der Waals surface area (Å²) in [6.07, 6.45) is -0.117. The van der Waals surface area contributed by atoms with E-state index in [1.165, 1.54) is 17.7 Å². The third-order valence-electron chi connectivity index (χ3n) is 6.65. The van der Waals surface area contributed by atoms with Gasteiger partial charge in [0.2, 0.25) is 5.56 Å². The number of carbonyl (C=O) groups is 1. The molecule has 0 unspecified atom stereocenters.